The third-order valence-electron chi connectivity index (χ3n) is 3.27. The van der Waals surface area contributed by atoms with Crippen molar-refractivity contribution in [2.75, 3.05) is 6.61 Å². The molecule has 0 aliphatic carbocycles. The van der Waals surface area contributed by atoms with Gasteiger partial charge in [-0.2, -0.15) is 0 Å². The molecular formula is C12H20N4O2. The normalized spacial score (nSPS) is 19.2. The van der Waals surface area contributed by atoms with Crippen LogP contribution in [0.2, 0.25) is 0 Å². The van der Waals surface area contributed by atoms with Crippen molar-refractivity contribution in [2.45, 2.75) is 57.9 Å². The van der Waals surface area contributed by atoms with Crippen LogP contribution in [0.4, 0.5) is 0 Å². The minimum absolute atomic E-state index is 0.213. The summed E-state index contributed by atoms with van der Waals surface area (Å²) in [6.07, 6.45) is 7.54. The maximum Gasteiger partial charge on any atom is 0.331 e. The Balaban J connectivity index is 1.85. The van der Waals surface area contributed by atoms with E-state index in [1.54, 1.807) is 4.68 Å². The lowest BCUT2D eigenvalue weighted by molar-refractivity contribution is -0.140. The molecule has 6 nitrogen and oxygen atoms in total. The van der Waals surface area contributed by atoms with Crippen molar-refractivity contribution < 1.29 is 9.53 Å². The molecule has 0 aromatic carbocycles. The maximum absolute atomic E-state index is 11.5. The van der Waals surface area contributed by atoms with Crippen molar-refractivity contribution in [1.29, 1.82) is 0 Å². The Bertz CT molecular complexity index is 391. The fourth-order valence-corrected chi connectivity index (χ4v) is 2.21. The van der Waals surface area contributed by atoms with Gasteiger partial charge in [0.2, 0.25) is 0 Å². The van der Waals surface area contributed by atoms with Gasteiger partial charge in [0.15, 0.2) is 11.9 Å². The van der Waals surface area contributed by atoms with Crippen molar-refractivity contribution in [3.8, 4) is 0 Å². The molecule has 2 heterocycles. The van der Waals surface area contributed by atoms with Crippen LogP contribution in [0, 0.1) is 0 Å². The van der Waals surface area contributed by atoms with Crippen LogP contribution in [-0.2, 0) is 16.0 Å². The van der Waals surface area contributed by atoms with Crippen LogP contribution in [0.25, 0.3) is 0 Å². The van der Waals surface area contributed by atoms with Gasteiger partial charge < -0.3 is 4.74 Å². The zero-order chi connectivity index (χ0) is 12.8. The van der Waals surface area contributed by atoms with Crippen LogP contribution in [0.15, 0.2) is 0 Å². The van der Waals surface area contributed by atoms with Crippen LogP contribution in [-0.4, -0.2) is 32.8 Å². The van der Waals surface area contributed by atoms with Gasteiger partial charge in [-0.3, -0.25) is 0 Å². The van der Waals surface area contributed by atoms with E-state index in [0.717, 1.165) is 18.7 Å². The van der Waals surface area contributed by atoms with Crippen LogP contribution < -0.4 is 0 Å². The fraction of sp³-hybridized carbons (Fsp3) is 0.833. The average molecular weight is 252 g/mol. The predicted octanol–water partition coefficient (Wildman–Crippen LogP) is 1.67. The number of esters is 1. The molecule has 0 saturated carbocycles. The van der Waals surface area contributed by atoms with Gasteiger partial charge in [-0.05, 0) is 16.8 Å². The number of cyclic esters (lactones) is 1. The third-order valence-corrected chi connectivity index (χ3v) is 3.27. The van der Waals surface area contributed by atoms with Gasteiger partial charge in [-0.1, -0.05) is 32.6 Å². The molecule has 2 rings (SSSR count). The molecule has 1 aliphatic heterocycles. The highest BCUT2D eigenvalue weighted by Crippen LogP contribution is 2.20. The number of ether oxygens (including phenoxy) is 1. The van der Waals surface area contributed by atoms with Gasteiger partial charge in [0.25, 0.3) is 0 Å². The lowest BCUT2D eigenvalue weighted by Gasteiger charge is -2.07. The maximum atomic E-state index is 11.5. The van der Waals surface area contributed by atoms with Crippen LogP contribution in [0.3, 0.4) is 0 Å². The summed E-state index contributed by atoms with van der Waals surface area (Å²) in [5.41, 5.74) is 0. The number of hydrogen-bond donors (Lipinski definition) is 0. The van der Waals surface area contributed by atoms with E-state index in [1.165, 1.54) is 25.7 Å². The molecule has 18 heavy (non-hydrogen) atoms. The molecule has 0 N–H and O–H groups in total. The Hall–Kier alpha value is -1.46. The number of hydrogen-bond acceptors (Lipinski definition) is 5. The standard InChI is InChI=1S/C12H20N4O2/c1-2-3-4-5-6-7-11-13-14-15-16(11)10-8-9-18-12(10)17/h10H,2-9H2,1H3. The molecule has 100 valence electrons. The van der Waals surface area contributed by atoms with E-state index < -0.39 is 0 Å². The van der Waals surface area contributed by atoms with Gasteiger partial charge in [-0.25, -0.2) is 9.48 Å². The zero-order valence-electron chi connectivity index (χ0n) is 10.8. The van der Waals surface area contributed by atoms with E-state index >= 15 is 0 Å². The molecule has 1 unspecified atom stereocenters. The summed E-state index contributed by atoms with van der Waals surface area (Å²) >= 11 is 0. The number of rotatable bonds is 7. The Morgan fingerprint density at radius 1 is 1.33 bits per heavy atom. The van der Waals surface area contributed by atoms with E-state index in [4.69, 9.17) is 4.74 Å². The summed E-state index contributed by atoms with van der Waals surface area (Å²) in [5, 5.41) is 11.6. The largest absolute Gasteiger partial charge is 0.464 e. The first kappa shape index (κ1) is 13.0. The molecule has 0 radical (unpaired) electrons. The van der Waals surface area contributed by atoms with Crippen molar-refractivity contribution in [2.24, 2.45) is 0 Å². The van der Waals surface area contributed by atoms with Gasteiger partial charge in [0.05, 0.1) is 6.61 Å². The Labute approximate surface area is 107 Å². The molecule has 1 saturated heterocycles. The number of carbonyl (C=O) groups excluding carboxylic acids is 1. The van der Waals surface area contributed by atoms with Crippen molar-refractivity contribution >= 4 is 5.97 Å². The summed E-state index contributed by atoms with van der Waals surface area (Å²) in [4.78, 5) is 11.5. The lowest BCUT2D eigenvalue weighted by Crippen LogP contribution is -2.18. The summed E-state index contributed by atoms with van der Waals surface area (Å²) in [6, 6.07) is -0.314. The predicted molar refractivity (Wildman–Crippen MR) is 64.9 cm³/mol. The second-order valence-electron chi connectivity index (χ2n) is 4.68. The minimum atomic E-state index is -0.314. The van der Waals surface area contributed by atoms with Crippen molar-refractivity contribution in [3.63, 3.8) is 0 Å². The number of carbonyl (C=O) groups is 1. The topological polar surface area (TPSA) is 69.9 Å². The van der Waals surface area contributed by atoms with Gasteiger partial charge in [0.1, 0.15) is 0 Å². The molecule has 1 fully saturated rings. The second kappa shape index (κ2) is 6.47. The van der Waals surface area contributed by atoms with Crippen molar-refractivity contribution in [1.82, 2.24) is 20.2 Å². The number of nitrogens with zero attached hydrogens (tertiary/aromatic N) is 4. The Kier molecular flexibility index (Phi) is 4.66. The first-order valence-electron chi connectivity index (χ1n) is 6.76. The average Bonchev–Trinajstić information content (AvgIpc) is 2.97. The highest BCUT2D eigenvalue weighted by atomic mass is 16.5. The molecule has 1 aromatic rings. The molecule has 6 heteroatoms. The number of unbranched alkanes of at least 4 members (excludes halogenated alkanes) is 4. The zero-order valence-corrected chi connectivity index (χ0v) is 10.8. The number of aromatic nitrogens is 4. The van der Waals surface area contributed by atoms with Gasteiger partial charge >= 0.3 is 5.97 Å². The smallest absolute Gasteiger partial charge is 0.331 e. The third kappa shape index (κ3) is 3.05. The summed E-state index contributed by atoms with van der Waals surface area (Å²) in [6.45, 7) is 2.67. The molecule has 0 bridgehead atoms. The number of aryl methyl sites for hydroxylation is 1. The van der Waals surface area contributed by atoms with E-state index in [0.29, 0.717) is 13.0 Å². The molecular weight excluding hydrogens is 232 g/mol. The molecule has 0 spiro atoms. The molecule has 1 aliphatic rings. The highest BCUT2D eigenvalue weighted by Gasteiger charge is 2.31. The van der Waals surface area contributed by atoms with Gasteiger partial charge in [-0.15, -0.1) is 5.10 Å². The SMILES string of the molecule is CCCCCCCc1nnnn1C1CCOC1=O. The van der Waals surface area contributed by atoms with Crippen LogP contribution in [0.1, 0.15) is 57.3 Å². The first-order chi connectivity index (χ1) is 8.83. The molecule has 0 amide bonds. The summed E-state index contributed by atoms with van der Waals surface area (Å²) in [7, 11) is 0. The van der Waals surface area contributed by atoms with Crippen molar-refractivity contribution in [3.05, 3.63) is 5.82 Å². The van der Waals surface area contributed by atoms with Crippen LogP contribution >= 0.6 is 0 Å². The minimum Gasteiger partial charge on any atom is -0.464 e. The van der Waals surface area contributed by atoms with E-state index in [2.05, 4.69) is 22.4 Å². The molecule has 1 atom stereocenters. The van der Waals surface area contributed by atoms with E-state index in [-0.39, 0.29) is 12.0 Å². The van der Waals surface area contributed by atoms with Crippen LogP contribution in [0.5, 0.6) is 0 Å². The van der Waals surface area contributed by atoms with E-state index in [9.17, 15) is 4.79 Å². The summed E-state index contributed by atoms with van der Waals surface area (Å²) < 4.78 is 6.58. The number of tetrazole rings is 1. The second-order valence-corrected chi connectivity index (χ2v) is 4.68. The summed E-state index contributed by atoms with van der Waals surface area (Å²) in [5.74, 6) is 0.588. The monoisotopic (exact) mass is 252 g/mol. The van der Waals surface area contributed by atoms with Gasteiger partial charge in [0, 0.05) is 12.8 Å². The lowest BCUT2D eigenvalue weighted by atomic mass is 10.1. The molecule has 1 aromatic heterocycles. The first-order valence-corrected chi connectivity index (χ1v) is 6.76. The fourth-order valence-electron chi connectivity index (χ4n) is 2.21. The van der Waals surface area contributed by atoms with E-state index in [1.807, 2.05) is 0 Å². The Morgan fingerprint density at radius 2 is 2.17 bits per heavy atom. The quantitative estimate of drug-likeness (QED) is 0.545. The highest BCUT2D eigenvalue weighted by molar-refractivity contribution is 5.75. The Morgan fingerprint density at radius 3 is 2.89 bits per heavy atom.